The molecular formula is C44H40Se2. The zero-order valence-electron chi connectivity index (χ0n) is 27.7. The Morgan fingerprint density at radius 1 is 0.370 bits per heavy atom. The maximum absolute atomic E-state index is 2.61. The average molecular weight is 727 g/mol. The van der Waals surface area contributed by atoms with E-state index in [-0.39, 0.29) is 10.8 Å². The van der Waals surface area contributed by atoms with Gasteiger partial charge in [0.1, 0.15) is 0 Å². The van der Waals surface area contributed by atoms with E-state index in [1.807, 2.05) is 0 Å². The summed E-state index contributed by atoms with van der Waals surface area (Å²) in [7, 11) is 0. The predicted octanol–water partition coefficient (Wildman–Crippen LogP) is 11.2. The first kappa shape index (κ1) is 29.1. The van der Waals surface area contributed by atoms with Gasteiger partial charge in [0.15, 0.2) is 0 Å². The van der Waals surface area contributed by atoms with Crippen LogP contribution in [0, 0.1) is 0 Å². The van der Waals surface area contributed by atoms with Crippen molar-refractivity contribution < 1.29 is 0 Å². The fourth-order valence-corrected chi connectivity index (χ4v) is 12.3. The summed E-state index contributed by atoms with van der Waals surface area (Å²) >= 11 is 0.951. The topological polar surface area (TPSA) is 0 Å². The Balaban J connectivity index is 1.20. The number of benzene rings is 8. The van der Waals surface area contributed by atoms with Crippen LogP contribution in [0.25, 0.3) is 64.6 Å². The second-order valence-corrected chi connectivity index (χ2v) is 19.8. The molecule has 0 radical (unpaired) electrons. The fourth-order valence-electron chi connectivity index (χ4n) is 8.02. The Morgan fingerprint density at radius 2 is 0.652 bits per heavy atom. The molecule has 0 unspecified atom stereocenters. The first-order chi connectivity index (χ1) is 22.0. The van der Waals surface area contributed by atoms with Gasteiger partial charge in [-0.2, -0.15) is 0 Å². The standard InChI is InChI=1S/C44H40Se2/c1-43(2,3)33-17-25-7-11-35-29-15-30(36-12-8-26(18-33)39(25)41(35)36)22-46-24-32-16-31(23-45-21-29)37-13-9-27-19-34(44(4,5)6)20-28-10-14-38(32)42(37)40(27)28/h7-20H,21-24H2,1-6H3. The van der Waals surface area contributed by atoms with Crippen LogP contribution in [-0.4, -0.2) is 29.9 Å². The van der Waals surface area contributed by atoms with Crippen molar-refractivity contribution in [3.05, 3.63) is 118 Å². The van der Waals surface area contributed by atoms with Crippen LogP contribution in [0.5, 0.6) is 0 Å². The molecular weight excluding hydrogens is 686 g/mol. The summed E-state index contributed by atoms with van der Waals surface area (Å²) in [5.74, 6) is 0. The molecule has 0 spiro atoms. The molecule has 8 aromatic carbocycles. The van der Waals surface area contributed by atoms with Gasteiger partial charge in [-0.3, -0.25) is 0 Å². The van der Waals surface area contributed by atoms with Gasteiger partial charge in [-0.05, 0) is 0 Å². The first-order valence-corrected chi connectivity index (χ1v) is 21.5. The van der Waals surface area contributed by atoms with Crippen molar-refractivity contribution in [3.63, 3.8) is 0 Å². The van der Waals surface area contributed by atoms with Gasteiger partial charge < -0.3 is 0 Å². The van der Waals surface area contributed by atoms with Crippen LogP contribution in [0.4, 0.5) is 0 Å². The van der Waals surface area contributed by atoms with E-state index in [4.69, 9.17) is 0 Å². The molecule has 9 rings (SSSR count). The Morgan fingerprint density at radius 3 is 0.913 bits per heavy atom. The van der Waals surface area contributed by atoms with Crippen LogP contribution in [0.1, 0.15) is 74.9 Å². The molecule has 1 heterocycles. The summed E-state index contributed by atoms with van der Waals surface area (Å²) in [6.07, 6.45) is 0. The normalized spacial score (nSPS) is 15.1. The van der Waals surface area contributed by atoms with Crippen molar-refractivity contribution in [2.24, 2.45) is 0 Å². The number of rotatable bonds is 0. The van der Waals surface area contributed by atoms with Crippen molar-refractivity contribution in [3.8, 4) is 0 Å². The van der Waals surface area contributed by atoms with Crippen LogP contribution >= 0.6 is 0 Å². The SMILES string of the molecule is CC(C)(C)c1cc2ccc3c4cc(c5ccc(c1)c2c35)C[Se]Cc1cc(c2ccc3cc(C(C)(C)C)cc5ccc1c2c35)C[Se]C4. The van der Waals surface area contributed by atoms with Gasteiger partial charge in [-0.15, -0.1) is 0 Å². The van der Waals surface area contributed by atoms with Crippen molar-refractivity contribution in [1.29, 1.82) is 0 Å². The molecule has 8 aromatic rings. The van der Waals surface area contributed by atoms with Gasteiger partial charge in [0, 0.05) is 0 Å². The molecule has 1 aliphatic rings. The summed E-state index contributed by atoms with van der Waals surface area (Å²) in [5, 5.41) is 22.2. The van der Waals surface area contributed by atoms with Crippen molar-refractivity contribution in [1.82, 2.24) is 0 Å². The molecule has 46 heavy (non-hydrogen) atoms. The molecule has 1 aliphatic heterocycles. The third-order valence-corrected chi connectivity index (χ3v) is 14.9. The van der Waals surface area contributed by atoms with Gasteiger partial charge >= 0.3 is 287 Å². The van der Waals surface area contributed by atoms with Crippen LogP contribution in [0.15, 0.2) is 84.9 Å². The molecule has 0 aliphatic carbocycles. The molecule has 0 fully saturated rings. The number of hydrogen-bond acceptors (Lipinski definition) is 0. The quantitative estimate of drug-likeness (QED) is 0.108. The third-order valence-electron chi connectivity index (χ3n) is 10.5. The summed E-state index contributed by atoms with van der Waals surface area (Å²) < 4.78 is 0. The van der Waals surface area contributed by atoms with E-state index in [0.717, 1.165) is 0 Å². The van der Waals surface area contributed by atoms with E-state index in [9.17, 15) is 0 Å². The van der Waals surface area contributed by atoms with E-state index in [0.29, 0.717) is 29.9 Å². The Hall–Kier alpha value is -3.12. The van der Waals surface area contributed by atoms with Gasteiger partial charge in [0.25, 0.3) is 0 Å². The zero-order chi connectivity index (χ0) is 31.5. The minimum atomic E-state index is 0.136. The molecule has 2 heteroatoms. The predicted molar refractivity (Wildman–Crippen MR) is 204 cm³/mol. The number of fused-ring (bicyclic) bond motifs is 8. The fraction of sp³-hybridized carbons (Fsp3) is 0.273. The van der Waals surface area contributed by atoms with Gasteiger partial charge in [0.05, 0.1) is 0 Å². The molecule has 0 N–H and O–H groups in total. The van der Waals surface area contributed by atoms with Crippen molar-refractivity contribution in [2.45, 2.75) is 73.6 Å². The molecule has 0 aromatic heterocycles. The van der Waals surface area contributed by atoms with E-state index in [2.05, 4.69) is 126 Å². The summed E-state index contributed by atoms with van der Waals surface area (Å²) in [6.45, 7) is 14.0. The van der Waals surface area contributed by atoms with E-state index in [1.54, 1.807) is 22.3 Å². The van der Waals surface area contributed by atoms with Gasteiger partial charge in [-0.1, -0.05) is 0 Å². The molecule has 0 nitrogen and oxygen atoms in total. The zero-order valence-corrected chi connectivity index (χ0v) is 31.2. The van der Waals surface area contributed by atoms with E-state index >= 15 is 0 Å². The van der Waals surface area contributed by atoms with Crippen molar-refractivity contribution >= 4 is 94.5 Å². The molecule has 0 saturated carbocycles. The molecule has 0 atom stereocenters. The van der Waals surface area contributed by atoms with Gasteiger partial charge in [0.2, 0.25) is 0 Å². The second-order valence-electron chi connectivity index (χ2n) is 15.7. The number of hydrogen-bond donors (Lipinski definition) is 0. The summed E-state index contributed by atoms with van der Waals surface area (Å²) in [5.41, 5.74) is 9.40. The molecule has 228 valence electrons. The van der Waals surface area contributed by atoms with Crippen LogP contribution in [0.3, 0.4) is 0 Å². The Bertz CT molecular complexity index is 2170. The molecule has 0 saturated heterocycles. The van der Waals surface area contributed by atoms with Crippen molar-refractivity contribution in [2.75, 3.05) is 0 Å². The third kappa shape index (κ3) is 4.45. The van der Waals surface area contributed by atoms with Gasteiger partial charge in [-0.25, -0.2) is 0 Å². The maximum atomic E-state index is 2.61. The Labute approximate surface area is 284 Å². The molecule has 4 bridgehead atoms. The molecule has 0 amide bonds. The van der Waals surface area contributed by atoms with Crippen LogP contribution < -0.4 is 0 Å². The van der Waals surface area contributed by atoms with E-state index in [1.165, 1.54) is 97.0 Å². The average Bonchev–Trinajstić information content (AvgIpc) is 3.02. The van der Waals surface area contributed by atoms with Crippen LogP contribution in [0.2, 0.25) is 0 Å². The summed E-state index contributed by atoms with van der Waals surface area (Å²) in [6, 6.07) is 34.4. The minimum absolute atomic E-state index is 0.136. The Kier molecular flexibility index (Phi) is 6.43. The van der Waals surface area contributed by atoms with Crippen LogP contribution in [-0.2, 0) is 32.1 Å². The van der Waals surface area contributed by atoms with E-state index < -0.39 is 0 Å². The summed E-state index contributed by atoms with van der Waals surface area (Å²) in [4.78, 5) is 0. The second kappa shape index (κ2) is 10.2. The monoisotopic (exact) mass is 728 g/mol. The first-order valence-electron chi connectivity index (χ1n) is 16.7.